The molecule has 2 rings (SSSR count). The number of thiol groups is 1. The van der Waals surface area contributed by atoms with Crippen molar-refractivity contribution in [1.82, 2.24) is 4.72 Å². The second kappa shape index (κ2) is 8.03. The molecule has 1 fully saturated rings. The summed E-state index contributed by atoms with van der Waals surface area (Å²) in [5.74, 6) is -0.804. The number of nitrogens with one attached hydrogen (secondary N) is 1. The summed E-state index contributed by atoms with van der Waals surface area (Å²) in [4.78, 5) is 24.2. The highest BCUT2D eigenvalue weighted by molar-refractivity contribution is 7.89. The second-order valence-corrected chi connectivity index (χ2v) is 9.28. The zero-order valence-corrected chi connectivity index (χ0v) is 16.5. The zero-order chi connectivity index (χ0) is 19.4. The van der Waals surface area contributed by atoms with Crippen LogP contribution in [0.15, 0.2) is 40.4 Å². The molecule has 0 saturated carbocycles. The Kier molecular flexibility index (Phi) is 6.43. The summed E-state index contributed by atoms with van der Waals surface area (Å²) in [6, 6.07) is 6.27. The molecular formula is C16H24N3O5S2+. The number of quaternary nitrogens is 1. The molecule has 1 heterocycles. The van der Waals surface area contributed by atoms with Gasteiger partial charge in [0.2, 0.25) is 10.0 Å². The third-order valence-electron chi connectivity index (χ3n) is 4.62. The average molecular weight is 403 g/mol. The van der Waals surface area contributed by atoms with Gasteiger partial charge in [-0.3, -0.25) is 8.68 Å². The molecule has 1 N–H and O–H groups in total. The number of ether oxygens (including phenoxy) is 1. The van der Waals surface area contributed by atoms with E-state index in [-0.39, 0.29) is 24.3 Å². The molecule has 0 bridgehead atoms. The molecule has 1 aromatic carbocycles. The molecule has 1 saturated heterocycles. The van der Waals surface area contributed by atoms with E-state index >= 15 is 0 Å². The lowest BCUT2D eigenvalue weighted by Gasteiger charge is -2.41. The van der Waals surface area contributed by atoms with Gasteiger partial charge in [0.1, 0.15) is 11.6 Å². The van der Waals surface area contributed by atoms with Gasteiger partial charge in [-0.1, -0.05) is 23.4 Å². The van der Waals surface area contributed by atoms with Crippen LogP contribution in [0, 0.1) is 4.91 Å². The minimum absolute atomic E-state index is 0.000900. The number of rotatable bonds is 7. The first-order chi connectivity index (χ1) is 12.2. The first-order valence-electron chi connectivity index (χ1n) is 8.32. The molecule has 10 heteroatoms. The second-order valence-electron chi connectivity index (χ2n) is 6.60. The maximum Gasteiger partial charge on any atom is 0.326 e. The summed E-state index contributed by atoms with van der Waals surface area (Å²) in [7, 11) is -2.14. The van der Waals surface area contributed by atoms with Crippen LogP contribution >= 0.6 is 12.8 Å². The Balaban J connectivity index is 2.37. The SMILES string of the molecule is CCOC(=O)C(NS(=O)(=O)c1ccccc1)C1(N=O)CC[N+](C)(S)CC1. The Morgan fingerprint density at radius 3 is 2.42 bits per heavy atom. The van der Waals surface area contributed by atoms with Crippen molar-refractivity contribution in [2.24, 2.45) is 5.18 Å². The van der Waals surface area contributed by atoms with E-state index in [0.717, 1.165) is 0 Å². The van der Waals surface area contributed by atoms with Crippen molar-refractivity contribution in [3.63, 3.8) is 0 Å². The van der Waals surface area contributed by atoms with Crippen LogP contribution in [-0.4, -0.2) is 56.6 Å². The monoisotopic (exact) mass is 402 g/mol. The molecule has 144 valence electrons. The Bertz CT molecular complexity index is 742. The first kappa shape index (κ1) is 20.8. The van der Waals surface area contributed by atoms with Gasteiger partial charge in [0.05, 0.1) is 44.5 Å². The number of esters is 1. The molecule has 1 aliphatic rings. The average Bonchev–Trinajstić information content (AvgIpc) is 2.61. The van der Waals surface area contributed by atoms with E-state index in [2.05, 4.69) is 22.7 Å². The van der Waals surface area contributed by atoms with E-state index in [1.54, 1.807) is 25.1 Å². The van der Waals surface area contributed by atoms with Gasteiger partial charge in [-0.2, -0.15) is 9.63 Å². The Hall–Kier alpha value is -1.49. The van der Waals surface area contributed by atoms with Gasteiger partial charge in [-0.05, 0) is 19.1 Å². The van der Waals surface area contributed by atoms with Crippen molar-refractivity contribution in [3.05, 3.63) is 35.2 Å². The van der Waals surface area contributed by atoms with Gasteiger partial charge >= 0.3 is 5.97 Å². The van der Waals surface area contributed by atoms with Crippen LogP contribution in [0.25, 0.3) is 0 Å². The van der Waals surface area contributed by atoms with Crippen molar-refractivity contribution in [2.45, 2.75) is 36.2 Å². The molecule has 0 spiro atoms. The normalized spacial score (nSPS) is 27.5. The molecule has 0 aliphatic carbocycles. The fourth-order valence-electron chi connectivity index (χ4n) is 2.96. The highest BCUT2D eigenvalue weighted by atomic mass is 32.2. The van der Waals surface area contributed by atoms with Crippen molar-refractivity contribution < 1.29 is 21.8 Å². The number of carbonyl (C=O) groups is 1. The molecule has 1 atom stereocenters. The fourth-order valence-corrected chi connectivity index (χ4v) is 4.44. The van der Waals surface area contributed by atoms with Crippen LogP contribution in [0.1, 0.15) is 19.8 Å². The molecule has 8 nitrogen and oxygen atoms in total. The Labute approximate surface area is 159 Å². The highest BCUT2D eigenvalue weighted by Crippen LogP contribution is 2.34. The molecule has 0 radical (unpaired) electrons. The van der Waals surface area contributed by atoms with Gasteiger partial charge in [0, 0.05) is 12.8 Å². The molecule has 26 heavy (non-hydrogen) atoms. The van der Waals surface area contributed by atoms with Crippen LogP contribution in [-0.2, 0) is 19.6 Å². The van der Waals surface area contributed by atoms with Crippen LogP contribution in [0.4, 0.5) is 0 Å². The standard InChI is InChI=1S/C16H24N3O5S2/c1-3-24-15(20)14(16(18-21)9-11-19(2,25)12-10-16)17-26(22,23)13-7-5-4-6-8-13/h4-8,14,17,25H,3,9-12H2,1-2H3/q+1. The fraction of sp³-hybridized carbons (Fsp3) is 0.562. The van der Waals surface area contributed by atoms with Gasteiger partial charge in [0.15, 0.2) is 0 Å². The number of carbonyl (C=O) groups excluding carboxylic acids is 1. The third-order valence-corrected chi connectivity index (χ3v) is 6.46. The molecule has 0 aromatic heterocycles. The van der Waals surface area contributed by atoms with Crippen molar-refractivity contribution >= 4 is 28.8 Å². The third kappa shape index (κ3) is 4.61. The lowest BCUT2D eigenvalue weighted by atomic mass is 9.82. The van der Waals surface area contributed by atoms with Crippen LogP contribution in [0.3, 0.4) is 0 Å². The number of hydrogen-bond acceptors (Lipinski definition) is 7. The molecule has 1 unspecified atom stereocenters. The Morgan fingerprint density at radius 2 is 1.92 bits per heavy atom. The topological polar surface area (TPSA) is 102 Å². The van der Waals surface area contributed by atoms with Crippen LogP contribution in [0.2, 0.25) is 0 Å². The summed E-state index contributed by atoms with van der Waals surface area (Å²) < 4.78 is 33.2. The van der Waals surface area contributed by atoms with Gasteiger partial charge in [0.25, 0.3) is 0 Å². The predicted molar refractivity (Wildman–Crippen MR) is 99.8 cm³/mol. The quantitative estimate of drug-likeness (QED) is 0.311. The van der Waals surface area contributed by atoms with E-state index in [4.69, 9.17) is 4.74 Å². The molecule has 1 aliphatic heterocycles. The summed E-state index contributed by atoms with van der Waals surface area (Å²) in [5, 5.41) is 3.20. The summed E-state index contributed by atoms with van der Waals surface area (Å²) >= 11 is 4.48. The number of nitroso groups, excluding NO2 is 1. The maximum absolute atomic E-state index is 12.7. The number of nitrogens with zero attached hydrogens (tertiary/aromatic N) is 2. The largest absolute Gasteiger partial charge is 0.465 e. The van der Waals surface area contributed by atoms with Gasteiger partial charge < -0.3 is 4.74 Å². The first-order valence-corrected chi connectivity index (χ1v) is 10.2. The van der Waals surface area contributed by atoms with E-state index in [0.29, 0.717) is 17.0 Å². The number of likely N-dealkylation sites (tertiary alicyclic amines) is 1. The van der Waals surface area contributed by atoms with Crippen molar-refractivity contribution in [1.29, 1.82) is 0 Å². The van der Waals surface area contributed by atoms with Crippen LogP contribution in [0.5, 0.6) is 0 Å². The maximum atomic E-state index is 12.7. The van der Waals surface area contributed by atoms with E-state index in [9.17, 15) is 18.1 Å². The summed E-state index contributed by atoms with van der Waals surface area (Å²) in [5.41, 5.74) is -1.41. The van der Waals surface area contributed by atoms with E-state index in [1.165, 1.54) is 12.1 Å². The number of piperidine rings is 1. The minimum atomic E-state index is -4.02. The number of hydrogen-bond donors (Lipinski definition) is 2. The summed E-state index contributed by atoms with van der Waals surface area (Å²) in [6.07, 6.45) is 0.439. The van der Waals surface area contributed by atoms with Crippen LogP contribution < -0.4 is 4.72 Å². The highest BCUT2D eigenvalue weighted by Gasteiger charge is 2.52. The van der Waals surface area contributed by atoms with Crippen molar-refractivity contribution in [3.8, 4) is 0 Å². The Morgan fingerprint density at radius 1 is 1.35 bits per heavy atom. The molecular weight excluding hydrogens is 378 g/mol. The van der Waals surface area contributed by atoms with E-state index in [1.807, 2.05) is 7.05 Å². The zero-order valence-electron chi connectivity index (χ0n) is 14.8. The number of sulfonamides is 1. The number of benzene rings is 1. The van der Waals surface area contributed by atoms with E-state index < -0.39 is 27.6 Å². The minimum Gasteiger partial charge on any atom is -0.465 e. The lowest BCUT2D eigenvalue weighted by Crippen LogP contribution is -2.61. The lowest BCUT2D eigenvalue weighted by molar-refractivity contribution is -0.778. The van der Waals surface area contributed by atoms with Crippen molar-refractivity contribution in [2.75, 3.05) is 26.7 Å². The predicted octanol–water partition coefficient (Wildman–Crippen LogP) is 1.49. The summed E-state index contributed by atoms with van der Waals surface area (Å²) in [6.45, 7) is 2.62. The molecule has 1 aromatic rings. The van der Waals surface area contributed by atoms with Gasteiger partial charge in [-0.25, -0.2) is 8.42 Å². The van der Waals surface area contributed by atoms with Gasteiger partial charge in [-0.15, -0.1) is 0 Å². The smallest absolute Gasteiger partial charge is 0.326 e. The molecule has 0 amide bonds.